The number of nitrogens with zero attached hydrogens (tertiary/aromatic N) is 1. The third kappa shape index (κ3) is 2.93. The van der Waals surface area contributed by atoms with E-state index < -0.39 is 14.9 Å². The number of benzene rings is 3. The molecule has 3 aromatic carbocycles. The van der Waals surface area contributed by atoms with E-state index >= 15 is 0 Å². The molecule has 0 amide bonds. The minimum atomic E-state index is -3.87. The Bertz CT molecular complexity index is 1040. The summed E-state index contributed by atoms with van der Waals surface area (Å²) in [6.45, 7) is 1.60. The quantitative estimate of drug-likeness (QED) is 0.576. The van der Waals surface area contributed by atoms with Crippen molar-refractivity contribution in [3.8, 4) is 0 Å². The van der Waals surface area contributed by atoms with Crippen LogP contribution in [0.15, 0.2) is 65.6 Å². The van der Waals surface area contributed by atoms with Gasteiger partial charge in [-0.25, -0.2) is 8.42 Å². The molecule has 0 saturated carbocycles. The zero-order chi connectivity index (χ0) is 17.3. The second-order valence-corrected chi connectivity index (χ2v) is 6.99. The van der Waals surface area contributed by atoms with Crippen molar-refractivity contribution in [1.29, 1.82) is 0 Å². The molecule has 122 valence electrons. The summed E-state index contributed by atoms with van der Waals surface area (Å²) >= 11 is 0. The number of fused-ring (bicyclic) bond motifs is 1. The average molecular weight is 342 g/mol. The first-order valence-corrected chi connectivity index (χ1v) is 8.62. The summed E-state index contributed by atoms with van der Waals surface area (Å²) in [5, 5.41) is 12.4. The van der Waals surface area contributed by atoms with E-state index in [0.29, 0.717) is 10.9 Å². The highest BCUT2D eigenvalue weighted by atomic mass is 32.2. The predicted octanol–water partition coefficient (Wildman–Crippen LogP) is 3.86. The third-order valence-corrected chi connectivity index (χ3v) is 5.14. The van der Waals surface area contributed by atoms with Gasteiger partial charge in [0.15, 0.2) is 0 Å². The van der Waals surface area contributed by atoms with Crippen LogP contribution in [0.4, 0.5) is 11.4 Å². The lowest BCUT2D eigenvalue weighted by atomic mass is 10.1. The molecular weight excluding hydrogens is 328 g/mol. The lowest BCUT2D eigenvalue weighted by Gasteiger charge is -2.11. The van der Waals surface area contributed by atoms with Crippen molar-refractivity contribution in [2.24, 2.45) is 0 Å². The maximum Gasteiger partial charge on any atom is 0.274 e. The molecule has 6 nitrogen and oxygen atoms in total. The fourth-order valence-corrected chi connectivity index (χ4v) is 3.79. The summed E-state index contributed by atoms with van der Waals surface area (Å²) < 4.78 is 27.8. The summed E-state index contributed by atoms with van der Waals surface area (Å²) in [6.07, 6.45) is 0. The second kappa shape index (κ2) is 5.93. The summed E-state index contributed by atoms with van der Waals surface area (Å²) in [7, 11) is -3.87. The monoisotopic (exact) mass is 342 g/mol. The van der Waals surface area contributed by atoms with Crippen molar-refractivity contribution in [3.05, 3.63) is 76.3 Å². The molecule has 1 N–H and O–H groups in total. The highest BCUT2D eigenvalue weighted by Crippen LogP contribution is 2.27. The molecule has 0 spiro atoms. The van der Waals surface area contributed by atoms with Crippen molar-refractivity contribution in [3.63, 3.8) is 0 Å². The smallest absolute Gasteiger partial charge is 0.274 e. The van der Waals surface area contributed by atoms with Gasteiger partial charge in [0.1, 0.15) is 0 Å². The number of sulfonamides is 1. The lowest BCUT2D eigenvalue weighted by molar-refractivity contribution is -0.385. The van der Waals surface area contributed by atoms with Crippen molar-refractivity contribution in [2.75, 3.05) is 4.72 Å². The van der Waals surface area contributed by atoms with Gasteiger partial charge in [-0.15, -0.1) is 0 Å². The first-order valence-electron chi connectivity index (χ1n) is 7.14. The van der Waals surface area contributed by atoms with Crippen molar-refractivity contribution >= 4 is 32.2 Å². The first-order chi connectivity index (χ1) is 11.4. The van der Waals surface area contributed by atoms with Gasteiger partial charge in [0.2, 0.25) is 0 Å². The molecular formula is C17H14N2O4S. The molecule has 0 heterocycles. The standard InChI is InChI=1S/C17H14N2O4S/c1-12-9-10-14(11-16(12)19(20)21)18-24(22,23)17-8-4-6-13-5-2-3-7-15(13)17/h2-11,18H,1H3. The molecule has 0 aliphatic heterocycles. The van der Waals surface area contributed by atoms with Gasteiger partial charge < -0.3 is 0 Å². The number of rotatable bonds is 4. The Labute approximate surface area is 138 Å². The van der Waals surface area contributed by atoms with Crippen LogP contribution in [0.25, 0.3) is 10.8 Å². The second-order valence-electron chi connectivity index (χ2n) is 5.34. The van der Waals surface area contributed by atoms with E-state index in [1.807, 2.05) is 18.2 Å². The topological polar surface area (TPSA) is 89.3 Å². The Balaban J connectivity index is 2.06. The van der Waals surface area contributed by atoms with Crippen LogP contribution in [0.1, 0.15) is 5.56 Å². The van der Waals surface area contributed by atoms with Crippen LogP contribution in [0.5, 0.6) is 0 Å². The summed E-state index contributed by atoms with van der Waals surface area (Å²) in [5.41, 5.74) is 0.487. The number of nitrogens with one attached hydrogen (secondary N) is 1. The largest absolute Gasteiger partial charge is 0.279 e. The molecule has 0 bridgehead atoms. The van der Waals surface area contributed by atoms with Gasteiger partial charge in [-0.1, -0.05) is 42.5 Å². The van der Waals surface area contributed by atoms with Gasteiger partial charge >= 0.3 is 0 Å². The number of anilines is 1. The van der Waals surface area contributed by atoms with E-state index in [9.17, 15) is 18.5 Å². The van der Waals surface area contributed by atoms with Crippen molar-refractivity contribution in [1.82, 2.24) is 0 Å². The maximum absolute atomic E-state index is 12.7. The summed E-state index contributed by atoms with van der Waals surface area (Å²) in [6, 6.07) is 16.4. The molecule has 0 fully saturated rings. The van der Waals surface area contributed by atoms with E-state index in [1.165, 1.54) is 24.3 Å². The Morgan fingerprint density at radius 1 is 1.00 bits per heavy atom. The number of nitro groups is 1. The Hall–Kier alpha value is -2.93. The zero-order valence-electron chi connectivity index (χ0n) is 12.8. The molecule has 7 heteroatoms. The van der Waals surface area contributed by atoms with Crippen LogP contribution < -0.4 is 4.72 Å². The molecule has 0 radical (unpaired) electrons. The number of hydrogen-bond acceptors (Lipinski definition) is 4. The predicted molar refractivity (Wildman–Crippen MR) is 92.6 cm³/mol. The average Bonchev–Trinajstić information content (AvgIpc) is 2.55. The van der Waals surface area contributed by atoms with Crippen LogP contribution in [0.2, 0.25) is 0 Å². The molecule has 24 heavy (non-hydrogen) atoms. The van der Waals surface area contributed by atoms with Crippen molar-refractivity contribution in [2.45, 2.75) is 11.8 Å². The molecule has 0 unspecified atom stereocenters. The summed E-state index contributed by atoms with van der Waals surface area (Å²) in [5.74, 6) is 0. The Morgan fingerprint density at radius 2 is 1.71 bits per heavy atom. The van der Waals surface area contributed by atoms with Gasteiger partial charge in [-0.2, -0.15) is 0 Å². The minimum absolute atomic E-state index is 0.129. The number of nitro benzene ring substituents is 1. The van der Waals surface area contributed by atoms with Crippen LogP contribution in [-0.4, -0.2) is 13.3 Å². The number of aryl methyl sites for hydroxylation is 1. The molecule has 0 aromatic heterocycles. The van der Waals surface area contributed by atoms with Crippen molar-refractivity contribution < 1.29 is 13.3 Å². The third-order valence-electron chi connectivity index (χ3n) is 3.70. The highest BCUT2D eigenvalue weighted by molar-refractivity contribution is 7.93. The lowest BCUT2D eigenvalue weighted by Crippen LogP contribution is -2.13. The molecule has 3 aromatic rings. The van der Waals surface area contributed by atoms with E-state index in [4.69, 9.17) is 0 Å². The molecule has 0 saturated heterocycles. The summed E-state index contributed by atoms with van der Waals surface area (Å²) in [4.78, 5) is 10.6. The molecule has 0 atom stereocenters. The Morgan fingerprint density at radius 3 is 2.46 bits per heavy atom. The van der Waals surface area contributed by atoms with Gasteiger partial charge in [-0.3, -0.25) is 14.8 Å². The SMILES string of the molecule is Cc1ccc(NS(=O)(=O)c2cccc3ccccc23)cc1[N+](=O)[O-]. The van der Waals surface area contributed by atoms with E-state index in [1.54, 1.807) is 25.1 Å². The zero-order valence-corrected chi connectivity index (χ0v) is 13.6. The van der Waals surface area contributed by atoms with Gasteiger partial charge in [-0.05, 0) is 24.4 Å². The Kier molecular flexibility index (Phi) is 3.94. The van der Waals surface area contributed by atoms with Gasteiger partial charge in [0.05, 0.1) is 15.5 Å². The van der Waals surface area contributed by atoms with E-state index in [0.717, 1.165) is 5.39 Å². The first kappa shape index (κ1) is 15.9. The highest BCUT2D eigenvalue weighted by Gasteiger charge is 2.19. The van der Waals surface area contributed by atoms with Crippen LogP contribution in [0, 0.1) is 17.0 Å². The molecule has 0 aliphatic carbocycles. The maximum atomic E-state index is 12.7. The van der Waals surface area contributed by atoms with Crippen LogP contribution >= 0.6 is 0 Å². The fraction of sp³-hybridized carbons (Fsp3) is 0.0588. The fourth-order valence-electron chi connectivity index (χ4n) is 2.51. The normalized spacial score (nSPS) is 11.4. The van der Waals surface area contributed by atoms with Crippen LogP contribution in [-0.2, 0) is 10.0 Å². The van der Waals surface area contributed by atoms with Gasteiger partial charge in [0.25, 0.3) is 15.7 Å². The van der Waals surface area contributed by atoms with E-state index in [2.05, 4.69) is 4.72 Å². The molecule has 0 aliphatic rings. The number of hydrogen-bond donors (Lipinski definition) is 1. The van der Waals surface area contributed by atoms with E-state index in [-0.39, 0.29) is 16.3 Å². The van der Waals surface area contributed by atoms with Crippen LogP contribution in [0.3, 0.4) is 0 Å². The minimum Gasteiger partial charge on any atom is -0.279 e. The van der Waals surface area contributed by atoms with Gasteiger partial charge in [0, 0.05) is 17.0 Å². The molecule has 3 rings (SSSR count).